The molecule has 0 heterocycles. The molecular weight excluding hydrogens is 262 g/mol. The minimum absolute atomic E-state index is 0.145. The second kappa shape index (κ2) is 8.37. The SMILES string of the molecule is CC(C)(C)C(O)C(C/C=C/c1ccccc1)N/C=N\C=N. The highest BCUT2D eigenvalue weighted by molar-refractivity contribution is 5.69. The summed E-state index contributed by atoms with van der Waals surface area (Å²) in [7, 11) is 0. The van der Waals surface area contributed by atoms with Gasteiger partial charge in [0, 0.05) is 0 Å². The topological polar surface area (TPSA) is 68.5 Å². The first kappa shape index (κ1) is 17.1. The normalized spacial score (nSPS) is 15.2. The maximum atomic E-state index is 10.4. The largest absolute Gasteiger partial charge is 0.390 e. The fourth-order valence-corrected chi connectivity index (χ4v) is 1.98. The molecule has 0 aliphatic carbocycles. The van der Waals surface area contributed by atoms with Crippen molar-refractivity contribution in [1.29, 1.82) is 5.41 Å². The minimum Gasteiger partial charge on any atom is -0.390 e. The predicted molar refractivity (Wildman–Crippen MR) is 89.8 cm³/mol. The highest BCUT2D eigenvalue weighted by Gasteiger charge is 2.29. The average molecular weight is 287 g/mol. The van der Waals surface area contributed by atoms with Crippen molar-refractivity contribution in [3.63, 3.8) is 0 Å². The molecule has 4 nitrogen and oxygen atoms in total. The summed E-state index contributed by atoms with van der Waals surface area (Å²) < 4.78 is 0. The number of aliphatic hydroxyl groups is 1. The van der Waals surface area contributed by atoms with Gasteiger partial charge in [-0.2, -0.15) is 0 Å². The summed E-state index contributed by atoms with van der Waals surface area (Å²) in [5, 5.41) is 20.4. The van der Waals surface area contributed by atoms with Crippen LogP contribution < -0.4 is 5.32 Å². The molecule has 21 heavy (non-hydrogen) atoms. The first-order valence-electron chi connectivity index (χ1n) is 7.11. The van der Waals surface area contributed by atoms with Crippen molar-refractivity contribution in [2.75, 3.05) is 0 Å². The van der Waals surface area contributed by atoms with E-state index < -0.39 is 6.10 Å². The maximum absolute atomic E-state index is 10.4. The lowest BCUT2D eigenvalue weighted by Gasteiger charge is -2.32. The highest BCUT2D eigenvalue weighted by atomic mass is 16.3. The van der Waals surface area contributed by atoms with Gasteiger partial charge in [-0.3, -0.25) is 5.41 Å². The summed E-state index contributed by atoms with van der Waals surface area (Å²) in [6, 6.07) is 9.91. The van der Waals surface area contributed by atoms with Crippen LogP contribution in [-0.4, -0.2) is 29.9 Å². The standard InChI is InChI=1S/C17H25N3O/c1-17(2,3)16(21)15(20-13-19-12-18)11-7-10-14-8-5-4-6-9-14/h4-10,12-13,15-16,21H,11H2,1-3H3,(H2,18,19,20)/b10-7+. The van der Waals surface area contributed by atoms with E-state index in [-0.39, 0.29) is 11.5 Å². The third kappa shape index (κ3) is 6.36. The summed E-state index contributed by atoms with van der Waals surface area (Å²) in [6.45, 7) is 6.00. The quantitative estimate of drug-likeness (QED) is 0.533. The third-order valence-corrected chi connectivity index (χ3v) is 3.21. The number of hydrogen-bond donors (Lipinski definition) is 3. The van der Waals surface area contributed by atoms with Crippen LogP contribution in [0.25, 0.3) is 6.08 Å². The molecule has 0 spiro atoms. The lowest BCUT2D eigenvalue weighted by atomic mass is 9.83. The molecule has 1 rings (SSSR count). The van der Waals surface area contributed by atoms with Crippen LogP contribution in [0.15, 0.2) is 41.4 Å². The zero-order valence-electron chi connectivity index (χ0n) is 13.0. The van der Waals surface area contributed by atoms with Gasteiger partial charge in [0.15, 0.2) is 0 Å². The van der Waals surface area contributed by atoms with Gasteiger partial charge in [-0.25, -0.2) is 4.99 Å². The van der Waals surface area contributed by atoms with E-state index in [0.29, 0.717) is 6.42 Å². The molecule has 114 valence electrons. The van der Waals surface area contributed by atoms with Crippen molar-refractivity contribution in [3.05, 3.63) is 42.0 Å². The molecule has 0 amide bonds. The monoisotopic (exact) mass is 287 g/mol. The van der Waals surface area contributed by atoms with E-state index in [2.05, 4.69) is 10.3 Å². The Balaban J connectivity index is 2.70. The molecule has 0 saturated carbocycles. The molecule has 0 bridgehead atoms. The molecule has 0 radical (unpaired) electrons. The summed E-state index contributed by atoms with van der Waals surface area (Å²) >= 11 is 0. The van der Waals surface area contributed by atoms with Crippen LogP contribution in [0.5, 0.6) is 0 Å². The molecule has 0 aromatic heterocycles. The van der Waals surface area contributed by atoms with E-state index >= 15 is 0 Å². The zero-order valence-corrected chi connectivity index (χ0v) is 13.0. The van der Waals surface area contributed by atoms with Crippen LogP contribution >= 0.6 is 0 Å². The van der Waals surface area contributed by atoms with Crippen molar-refractivity contribution >= 4 is 18.8 Å². The van der Waals surface area contributed by atoms with Gasteiger partial charge >= 0.3 is 0 Å². The number of aliphatic imine (C=N–C) groups is 1. The van der Waals surface area contributed by atoms with E-state index in [4.69, 9.17) is 5.41 Å². The Morgan fingerprint density at radius 3 is 2.52 bits per heavy atom. The molecule has 3 N–H and O–H groups in total. The van der Waals surface area contributed by atoms with Crippen LogP contribution in [0.3, 0.4) is 0 Å². The number of nitrogens with one attached hydrogen (secondary N) is 2. The van der Waals surface area contributed by atoms with Gasteiger partial charge < -0.3 is 10.4 Å². The molecule has 2 unspecified atom stereocenters. The van der Waals surface area contributed by atoms with Gasteiger partial charge in [-0.15, -0.1) is 0 Å². The number of benzene rings is 1. The Kier molecular flexibility index (Phi) is 6.82. The van der Waals surface area contributed by atoms with Gasteiger partial charge in [-0.1, -0.05) is 63.3 Å². The molecule has 1 aromatic rings. The van der Waals surface area contributed by atoms with E-state index in [1.54, 1.807) is 0 Å². The molecule has 0 aliphatic rings. The van der Waals surface area contributed by atoms with E-state index in [0.717, 1.165) is 11.9 Å². The van der Waals surface area contributed by atoms with E-state index in [9.17, 15) is 5.11 Å². The van der Waals surface area contributed by atoms with E-state index in [1.165, 1.54) is 6.34 Å². The predicted octanol–water partition coefficient (Wildman–Crippen LogP) is 3.09. The molecule has 0 aliphatic heterocycles. The van der Waals surface area contributed by atoms with Crippen LogP contribution in [0.2, 0.25) is 0 Å². The van der Waals surface area contributed by atoms with Crippen LogP contribution in [-0.2, 0) is 0 Å². The van der Waals surface area contributed by atoms with Crippen LogP contribution in [0.1, 0.15) is 32.8 Å². The smallest absolute Gasteiger partial charge is 0.108 e. The van der Waals surface area contributed by atoms with Gasteiger partial charge in [0.2, 0.25) is 0 Å². The Morgan fingerprint density at radius 1 is 1.29 bits per heavy atom. The second-order valence-electron chi connectivity index (χ2n) is 6.04. The molecule has 2 atom stereocenters. The van der Waals surface area contributed by atoms with Crippen molar-refractivity contribution in [3.8, 4) is 0 Å². The van der Waals surface area contributed by atoms with Crippen molar-refractivity contribution < 1.29 is 5.11 Å². The zero-order chi connectivity index (χ0) is 15.7. The molecule has 4 heteroatoms. The molecule has 1 aromatic carbocycles. The van der Waals surface area contributed by atoms with Crippen molar-refractivity contribution in [2.24, 2.45) is 10.4 Å². The molecular formula is C17H25N3O. The molecule has 0 fully saturated rings. The Labute approximate surface area is 127 Å². The highest BCUT2D eigenvalue weighted by Crippen LogP contribution is 2.23. The van der Waals surface area contributed by atoms with Gasteiger partial charge in [-0.05, 0) is 17.4 Å². The maximum Gasteiger partial charge on any atom is 0.108 e. The van der Waals surface area contributed by atoms with Gasteiger partial charge in [0.25, 0.3) is 0 Å². The lowest BCUT2D eigenvalue weighted by Crippen LogP contribution is -2.45. The first-order chi connectivity index (χ1) is 9.95. The lowest BCUT2D eigenvalue weighted by molar-refractivity contribution is 0.0359. The summed E-state index contributed by atoms with van der Waals surface area (Å²) in [5.41, 5.74) is 0.909. The van der Waals surface area contributed by atoms with Gasteiger partial charge in [0.1, 0.15) is 6.34 Å². The Hall–Kier alpha value is -1.94. The van der Waals surface area contributed by atoms with E-state index in [1.807, 2.05) is 63.3 Å². The average Bonchev–Trinajstić information content (AvgIpc) is 2.45. The van der Waals surface area contributed by atoms with Gasteiger partial charge in [0.05, 0.1) is 18.5 Å². The third-order valence-electron chi connectivity index (χ3n) is 3.21. The Morgan fingerprint density at radius 2 is 1.95 bits per heavy atom. The minimum atomic E-state index is -0.518. The fourth-order valence-electron chi connectivity index (χ4n) is 1.98. The van der Waals surface area contributed by atoms with Crippen LogP contribution in [0, 0.1) is 10.8 Å². The first-order valence-corrected chi connectivity index (χ1v) is 7.11. The number of nitrogens with zero attached hydrogens (tertiary/aromatic N) is 1. The molecule has 0 saturated heterocycles. The van der Waals surface area contributed by atoms with Crippen molar-refractivity contribution in [2.45, 2.75) is 39.3 Å². The second-order valence-corrected chi connectivity index (χ2v) is 6.04. The number of rotatable bonds is 7. The number of hydrogen-bond acceptors (Lipinski definition) is 2. The number of aliphatic hydroxyl groups excluding tert-OH is 1. The summed E-state index contributed by atoms with van der Waals surface area (Å²) in [5.74, 6) is 0. The van der Waals surface area contributed by atoms with Crippen LogP contribution in [0.4, 0.5) is 0 Å². The fraction of sp³-hybridized carbons (Fsp3) is 0.412. The summed E-state index contributed by atoms with van der Waals surface area (Å²) in [4.78, 5) is 3.71. The summed E-state index contributed by atoms with van der Waals surface area (Å²) in [6.07, 6.45) is 6.67. The Bertz CT molecular complexity index is 475. The van der Waals surface area contributed by atoms with Crippen molar-refractivity contribution in [1.82, 2.24) is 5.32 Å².